The third-order valence-electron chi connectivity index (χ3n) is 6.25. The van der Waals surface area contributed by atoms with Crippen molar-refractivity contribution in [2.45, 2.75) is 45.7 Å². The summed E-state index contributed by atoms with van der Waals surface area (Å²) >= 11 is 6.47. The van der Waals surface area contributed by atoms with Crippen LogP contribution in [0, 0.1) is 12.7 Å². The summed E-state index contributed by atoms with van der Waals surface area (Å²) in [6.45, 7) is 4.40. The minimum atomic E-state index is -0.502. The molecule has 1 amide bonds. The van der Waals surface area contributed by atoms with Crippen molar-refractivity contribution in [2.75, 3.05) is 6.54 Å². The molecule has 0 saturated carbocycles. The van der Waals surface area contributed by atoms with Crippen molar-refractivity contribution in [1.82, 2.24) is 19.5 Å². The van der Waals surface area contributed by atoms with E-state index in [9.17, 15) is 14.0 Å². The van der Waals surface area contributed by atoms with Gasteiger partial charge >= 0.3 is 5.69 Å². The highest BCUT2D eigenvalue weighted by atomic mass is 35.5. The Morgan fingerprint density at radius 1 is 1.19 bits per heavy atom. The highest BCUT2D eigenvalue weighted by Gasteiger charge is 2.23. The number of halogens is 2. The zero-order valence-electron chi connectivity index (χ0n) is 20.3. The Morgan fingerprint density at radius 3 is 2.64 bits per heavy atom. The molecule has 0 radical (unpaired) electrons. The molecule has 0 fully saturated rings. The Labute approximate surface area is 213 Å². The van der Waals surface area contributed by atoms with E-state index in [1.807, 2.05) is 37.3 Å². The lowest BCUT2D eigenvalue weighted by atomic mass is 10.0. The zero-order valence-corrected chi connectivity index (χ0v) is 21.1. The maximum atomic E-state index is 13.9. The molecule has 7 nitrogen and oxygen atoms in total. The number of nitrogens with one attached hydrogen (secondary N) is 1. The first-order valence-electron chi connectivity index (χ1n) is 12.0. The van der Waals surface area contributed by atoms with E-state index < -0.39 is 11.9 Å². The van der Waals surface area contributed by atoms with Crippen LogP contribution < -0.4 is 16.7 Å². The number of nitrogens with zero attached hydrogens (tertiary/aromatic N) is 3. The average molecular weight is 510 g/mol. The third kappa shape index (κ3) is 5.20. The monoisotopic (exact) mass is 509 g/mol. The Hall–Kier alpha value is -3.49. The number of carbonyl (C=O) groups is 1. The quantitative estimate of drug-likeness (QED) is 0.349. The lowest BCUT2D eigenvalue weighted by Crippen LogP contribution is -2.36. The Kier molecular flexibility index (Phi) is 7.86. The molecule has 9 heteroatoms. The number of carbonyl (C=O) groups excluding carboxylic acids is 1. The molecule has 188 valence electrons. The first-order chi connectivity index (χ1) is 17.3. The number of amides is 1. The second-order valence-electron chi connectivity index (χ2n) is 8.75. The Morgan fingerprint density at radius 2 is 1.94 bits per heavy atom. The average Bonchev–Trinajstić information content (AvgIpc) is 3.17. The Bertz CT molecular complexity index is 1450. The van der Waals surface area contributed by atoms with Crippen LogP contribution in [0.1, 0.15) is 58.7 Å². The fraction of sp³-hybridized carbons (Fsp3) is 0.296. The summed E-state index contributed by atoms with van der Waals surface area (Å²) in [7, 11) is 0. The van der Waals surface area contributed by atoms with Gasteiger partial charge in [0.1, 0.15) is 5.82 Å². The van der Waals surface area contributed by atoms with Gasteiger partial charge < -0.3 is 11.1 Å². The number of aryl methyl sites for hydroxylation is 2. The molecule has 4 rings (SSSR count). The second kappa shape index (κ2) is 11.1. The van der Waals surface area contributed by atoms with Gasteiger partial charge in [0, 0.05) is 11.3 Å². The van der Waals surface area contributed by atoms with Crippen molar-refractivity contribution in [3.8, 4) is 0 Å². The maximum Gasteiger partial charge on any atom is 0.349 e. The highest BCUT2D eigenvalue weighted by Crippen LogP contribution is 2.25. The molecular formula is C27H29ClFN5O2. The van der Waals surface area contributed by atoms with E-state index in [0.717, 1.165) is 5.56 Å². The highest BCUT2D eigenvalue weighted by molar-refractivity contribution is 6.34. The lowest BCUT2D eigenvalue weighted by molar-refractivity contribution is 0.0932. The van der Waals surface area contributed by atoms with E-state index in [0.29, 0.717) is 65.4 Å². The molecule has 4 aromatic rings. The SMILES string of the molecule is CCC(NC(=O)c1ccc(F)cc1CCCN)c1cc2c(Cl)c(C)nn2c(=O)n1Cc1ccccc1. The van der Waals surface area contributed by atoms with Crippen LogP contribution in [-0.4, -0.2) is 26.6 Å². The Balaban J connectivity index is 1.78. The number of benzene rings is 2. The third-order valence-corrected chi connectivity index (χ3v) is 6.71. The van der Waals surface area contributed by atoms with Crippen LogP contribution in [0.2, 0.25) is 5.02 Å². The largest absolute Gasteiger partial charge is 0.349 e. The molecule has 3 N–H and O–H groups in total. The van der Waals surface area contributed by atoms with Gasteiger partial charge in [-0.15, -0.1) is 0 Å². The molecule has 0 aliphatic heterocycles. The van der Waals surface area contributed by atoms with Crippen LogP contribution in [0.25, 0.3) is 5.52 Å². The van der Waals surface area contributed by atoms with Gasteiger partial charge in [-0.2, -0.15) is 9.61 Å². The summed E-state index contributed by atoms with van der Waals surface area (Å²) < 4.78 is 16.8. The van der Waals surface area contributed by atoms with Crippen LogP contribution in [0.3, 0.4) is 0 Å². The van der Waals surface area contributed by atoms with Gasteiger partial charge in [0.25, 0.3) is 5.91 Å². The number of hydrogen-bond acceptors (Lipinski definition) is 4. The van der Waals surface area contributed by atoms with E-state index >= 15 is 0 Å². The lowest BCUT2D eigenvalue weighted by Gasteiger charge is -2.23. The second-order valence-corrected chi connectivity index (χ2v) is 9.13. The van der Waals surface area contributed by atoms with Crippen molar-refractivity contribution in [3.05, 3.63) is 104 Å². The number of rotatable bonds is 9. The number of fused-ring (bicyclic) bond motifs is 1. The predicted molar refractivity (Wildman–Crippen MR) is 139 cm³/mol. The molecule has 36 heavy (non-hydrogen) atoms. The van der Waals surface area contributed by atoms with Gasteiger partial charge in [0.05, 0.1) is 28.8 Å². The summed E-state index contributed by atoms with van der Waals surface area (Å²) in [5.74, 6) is -0.748. The van der Waals surface area contributed by atoms with Crippen LogP contribution in [0.4, 0.5) is 4.39 Å². The van der Waals surface area contributed by atoms with Crippen molar-refractivity contribution in [2.24, 2.45) is 5.73 Å². The fourth-order valence-electron chi connectivity index (χ4n) is 4.36. The molecule has 2 aromatic carbocycles. The molecule has 0 aliphatic rings. The first-order valence-corrected chi connectivity index (χ1v) is 12.3. The van der Waals surface area contributed by atoms with Crippen LogP contribution in [-0.2, 0) is 13.0 Å². The van der Waals surface area contributed by atoms with Crippen LogP contribution >= 0.6 is 11.6 Å². The number of hydrogen-bond donors (Lipinski definition) is 2. The zero-order chi connectivity index (χ0) is 25.8. The molecule has 0 spiro atoms. The normalized spacial score (nSPS) is 12.1. The minimum absolute atomic E-state index is 0.298. The maximum absolute atomic E-state index is 13.9. The van der Waals surface area contributed by atoms with Gasteiger partial charge in [-0.3, -0.25) is 9.36 Å². The summed E-state index contributed by atoms with van der Waals surface area (Å²) in [4.78, 5) is 26.9. The molecular weight excluding hydrogens is 481 g/mol. The summed E-state index contributed by atoms with van der Waals surface area (Å²) in [5, 5.41) is 7.76. The van der Waals surface area contributed by atoms with Crippen LogP contribution in [0.5, 0.6) is 0 Å². The first kappa shape index (κ1) is 25.6. The van der Waals surface area contributed by atoms with Crippen molar-refractivity contribution in [1.29, 1.82) is 0 Å². The minimum Gasteiger partial charge on any atom is -0.344 e. The number of aromatic nitrogens is 3. The summed E-state index contributed by atoms with van der Waals surface area (Å²) in [6, 6.07) is 15.0. The smallest absolute Gasteiger partial charge is 0.344 e. The molecule has 2 aromatic heterocycles. The van der Waals surface area contributed by atoms with Crippen molar-refractivity contribution < 1.29 is 9.18 Å². The van der Waals surface area contributed by atoms with E-state index in [1.165, 1.54) is 22.7 Å². The fourth-order valence-corrected chi connectivity index (χ4v) is 4.53. The molecule has 1 unspecified atom stereocenters. The molecule has 0 saturated heterocycles. The van der Waals surface area contributed by atoms with Crippen molar-refractivity contribution in [3.63, 3.8) is 0 Å². The summed E-state index contributed by atoms with van der Waals surface area (Å²) in [5.41, 5.74) is 8.83. The topological polar surface area (TPSA) is 94.4 Å². The molecule has 0 aliphatic carbocycles. The molecule has 0 bridgehead atoms. The van der Waals surface area contributed by atoms with Crippen LogP contribution in [0.15, 0.2) is 59.4 Å². The van der Waals surface area contributed by atoms with Gasteiger partial charge in [-0.25, -0.2) is 9.18 Å². The van der Waals surface area contributed by atoms with Gasteiger partial charge in [-0.05, 0) is 68.1 Å². The van der Waals surface area contributed by atoms with E-state index in [4.69, 9.17) is 17.3 Å². The van der Waals surface area contributed by atoms with E-state index in [1.54, 1.807) is 17.6 Å². The van der Waals surface area contributed by atoms with Crippen molar-refractivity contribution >= 4 is 23.0 Å². The van der Waals surface area contributed by atoms with Gasteiger partial charge in [0.15, 0.2) is 0 Å². The summed E-state index contributed by atoms with van der Waals surface area (Å²) in [6.07, 6.45) is 1.64. The number of nitrogens with two attached hydrogens (primary N) is 1. The molecule has 2 heterocycles. The molecule has 1 atom stereocenters. The van der Waals surface area contributed by atoms with Gasteiger partial charge in [0.2, 0.25) is 0 Å². The van der Waals surface area contributed by atoms with Gasteiger partial charge in [-0.1, -0.05) is 48.9 Å². The van der Waals surface area contributed by atoms with E-state index in [-0.39, 0.29) is 11.6 Å². The van der Waals surface area contributed by atoms with E-state index in [2.05, 4.69) is 10.4 Å². The predicted octanol–water partition coefficient (Wildman–Crippen LogP) is 4.42. The standard InChI is InChI=1S/C27H29ClFN5O2/c1-3-22(31-26(35)21-12-11-20(29)14-19(21)10-7-13-30)23-15-24-25(28)17(2)32-34(24)27(36)33(23)16-18-8-5-4-6-9-18/h4-6,8-9,11-12,14-15,22H,3,7,10,13,16,30H2,1-2H3,(H,31,35).